The zero-order valence-corrected chi connectivity index (χ0v) is 18.8. The molecule has 1 saturated carbocycles. The quantitative estimate of drug-likeness (QED) is 0.525. The minimum absolute atomic E-state index is 0.0554. The van der Waals surface area contributed by atoms with Crippen molar-refractivity contribution in [2.24, 2.45) is 0 Å². The van der Waals surface area contributed by atoms with Crippen molar-refractivity contribution in [3.05, 3.63) is 58.5 Å². The maximum atomic E-state index is 13.0. The van der Waals surface area contributed by atoms with Crippen LogP contribution < -0.4 is 15.0 Å². The average molecular weight is 437 g/mol. The van der Waals surface area contributed by atoms with E-state index in [4.69, 9.17) is 4.74 Å². The van der Waals surface area contributed by atoms with Gasteiger partial charge in [-0.25, -0.2) is 0 Å². The van der Waals surface area contributed by atoms with Crippen molar-refractivity contribution in [2.75, 3.05) is 19.1 Å². The molecule has 0 aromatic heterocycles. The second kappa shape index (κ2) is 9.60. The van der Waals surface area contributed by atoms with Gasteiger partial charge in [0.15, 0.2) is 0 Å². The molecule has 1 aliphatic carbocycles. The van der Waals surface area contributed by atoms with Crippen molar-refractivity contribution in [3.8, 4) is 5.75 Å². The molecule has 1 N–H and O–H groups in total. The number of ether oxygens (including phenoxy) is 1. The van der Waals surface area contributed by atoms with Crippen LogP contribution in [0, 0.1) is 0 Å². The lowest BCUT2D eigenvalue weighted by atomic mass is 10.1. The number of likely N-dealkylation sites (N-methyl/N-ethyl adjacent to an activating group) is 1. The van der Waals surface area contributed by atoms with Crippen molar-refractivity contribution in [2.45, 2.75) is 49.5 Å². The molecule has 4 rings (SSSR count). The molecule has 1 fully saturated rings. The molecular formula is C25H28N2O3S. The predicted octanol–water partition coefficient (Wildman–Crippen LogP) is 5.26. The van der Waals surface area contributed by atoms with E-state index in [9.17, 15) is 9.59 Å². The van der Waals surface area contributed by atoms with Crippen molar-refractivity contribution >= 4 is 35.3 Å². The van der Waals surface area contributed by atoms with E-state index in [2.05, 4.69) is 5.32 Å². The zero-order chi connectivity index (χ0) is 21.8. The van der Waals surface area contributed by atoms with Gasteiger partial charge in [0.25, 0.3) is 11.8 Å². The molecule has 0 unspecified atom stereocenters. The number of anilines is 1. The highest BCUT2D eigenvalue weighted by Crippen LogP contribution is 2.42. The summed E-state index contributed by atoms with van der Waals surface area (Å²) in [6.07, 6.45) is 8.83. The van der Waals surface area contributed by atoms with E-state index < -0.39 is 0 Å². The molecule has 5 nitrogen and oxygen atoms in total. The second-order valence-electron chi connectivity index (χ2n) is 8.09. The first-order valence-electron chi connectivity index (χ1n) is 10.8. The Labute approximate surface area is 187 Å². The lowest BCUT2D eigenvalue weighted by Crippen LogP contribution is -2.35. The van der Waals surface area contributed by atoms with Gasteiger partial charge in [0, 0.05) is 23.5 Å². The van der Waals surface area contributed by atoms with Crippen LogP contribution in [-0.2, 0) is 4.79 Å². The highest BCUT2D eigenvalue weighted by molar-refractivity contribution is 8.04. The Morgan fingerprint density at radius 3 is 2.48 bits per heavy atom. The highest BCUT2D eigenvalue weighted by atomic mass is 32.2. The molecule has 2 aromatic carbocycles. The fraction of sp³-hybridized carbons (Fsp3) is 0.360. The molecule has 6 heteroatoms. The van der Waals surface area contributed by atoms with Crippen molar-refractivity contribution < 1.29 is 14.3 Å². The summed E-state index contributed by atoms with van der Waals surface area (Å²) in [6, 6.07) is 13.5. The largest absolute Gasteiger partial charge is 0.497 e. The van der Waals surface area contributed by atoms with Gasteiger partial charge < -0.3 is 15.0 Å². The Morgan fingerprint density at radius 2 is 1.81 bits per heavy atom. The van der Waals surface area contributed by atoms with Crippen LogP contribution in [-0.4, -0.2) is 32.0 Å². The minimum Gasteiger partial charge on any atom is -0.497 e. The number of fused-ring (bicyclic) bond motifs is 1. The van der Waals surface area contributed by atoms with Gasteiger partial charge in [-0.2, -0.15) is 0 Å². The van der Waals surface area contributed by atoms with Gasteiger partial charge >= 0.3 is 0 Å². The van der Waals surface area contributed by atoms with Crippen molar-refractivity contribution in [1.82, 2.24) is 5.32 Å². The van der Waals surface area contributed by atoms with Gasteiger partial charge in [-0.3, -0.25) is 9.59 Å². The number of carbonyl (C=O) groups excluding carboxylic acids is 2. The maximum Gasteiger partial charge on any atom is 0.264 e. The molecule has 0 radical (unpaired) electrons. The molecule has 1 aliphatic heterocycles. The number of thioether (sulfide) groups is 1. The molecule has 0 bridgehead atoms. The summed E-state index contributed by atoms with van der Waals surface area (Å²) >= 11 is 1.44. The Hall–Kier alpha value is -2.73. The normalized spacial score (nSPS) is 18.5. The number of benzene rings is 2. The summed E-state index contributed by atoms with van der Waals surface area (Å²) in [4.78, 5) is 29.0. The molecular weight excluding hydrogens is 408 g/mol. The van der Waals surface area contributed by atoms with Crippen LogP contribution in [0.4, 0.5) is 5.69 Å². The van der Waals surface area contributed by atoms with E-state index in [1.165, 1.54) is 37.4 Å². The number of nitrogens with zero attached hydrogens (tertiary/aromatic N) is 1. The van der Waals surface area contributed by atoms with Gasteiger partial charge in [-0.15, -0.1) is 0 Å². The van der Waals surface area contributed by atoms with E-state index in [1.807, 2.05) is 48.5 Å². The third-order valence-electron chi connectivity index (χ3n) is 5.92. The van der Waals surface area contributed by atoms with Crippen LogP contribution in [0.1, 0.15) is 54.4 Å². The highest BCUT2D eigenvalue weighted by Gasteiger charge is 2.27. The van der Waals surface area contributed by atoms with E-state index in [0.717, 1.165) is 34.7 Å². The summed E-state index contributed by atoms with van der Waals surface area (Å²) < 4.78 is 5.19. The van der Waals surface area contributed by atoms with E-state index in [1.54, 1.807) is 19.1 Å². The monoisotopic (exact) mass is 436 g/mol. The minimum atomic E-state index is -0.0744. The standard InChI is InChI=1S/C25H28N2O3S/c1-27-21-16-18(24(28)26-19-7-5-3-4-6-8-19)11-14-22(21)31-23(25(27)29)15-17-9-12-20(30-2)13-10-17/h9-16,19H,3-8H2,1-2H3,(H,26,28)/b23-15-. The van der Waals surface area contributed by atoms with Crippen LogP contribution in [0.3, 0.4) is 0 Å². The number of rotatable bonds is 4. The van der Waals surface area contributed by atoms with Crippen LogP contribution in [0.25, 0.3) is 6.08 Å². The first-order chi connectivity index (χ1) is 15.0. The molecule has 31 heavy (non-hydrogen) atoms. The van der Waals surface area contributed by atoms with Gasteiger partial charge in [-0.05, 0) is 54.8 Å². The fourth-order valence-corrected chi connectivity index (χ4v) is 5.17. The predicted molar refractivity (Wildman–Crippen MR) is 126 cm³/mol. The van der Waals surface area contributed by atoms with Crippen LogP contribution in [0.15, 0.2) is 52.3 Å². The Morgan fingerprint density at radius 1 is 1.10 bits per heavy atom. The number of carbonyl (C=O) groups is 2. The molecule has 0 atom stereocenters. The third kappa shape index (κ3) is 4.96. The fourth-order valence-electron chi connectivity index (χ4n) is 4.08. The summed E-state index contributed by atoms with van der Waals surface area (Å²) in [5, 5.41) is 3.19. The van der Waals surface area contributed by atoms with E-state index >= 15 is 0 Å². The lowest BCUT2D eigenvalue weighted by Gasteiger charge is -2.27. The van der Waals surface area contributed by atoms with Gasteiger partial charge in [0.2, 0.25) is 0 Å². The summed E-state index contributed by atoms with van der Waals surface area (Å²) in [7, 11) is 3.39. The molecule has 0 saturated heterocycles. The summed E-state index contributed by atoms with van der Waals surface area (Å²) in [5.74, 6) is 0.650. The smallest absolute Gasteiger partial charge is 0.264 e. The van der Waals surface area contributed by atoms with Crippen molar-refractivity contribution in [3.63, 3.8) is 0 Å². The SMILES string of the molecule is COc1ccc(/C=C2\Sc3ccc(C(=O)NC4CCCCCC4)cc3N(C)C2=O)cc1. The number of hydrogen-bond acceptors (Lipinski definition) is 4. The van der Waals surface area contributed by atoms with Crippen LogP contribution in [0.2, 0.25) is 0 Å². The number of hydrogen-bond donors (Lipinski definition) is 1. The number of amides is 2. The lowest BCUT2D eigenvalue weighted by molar-refractivity contribution is -0.114. The van der Waals surface area contributed by atoms with Gasteiger partial charge in [-0.1, -0.05) is 49.6 Å². The molecule has 2 aromatic rings. The summed E-state index contributed by atoms with van der Waals surface area (Å²) in [5.41, 5.74) is 2.31. The van der Waals surface area contributed by atoms with E-state index in [-0.39, 0.29) is 17.9 Å². The van der Waals surface area contributed by atoms with Gasteiger partial charge in [0.05, 0.1) is 17.7 Å². The van der Waals surface area contributed by atoms with E-state index in [0.29, 0.717) is 10.5 Å². The van der Waals surface area contributed by atoms with Crippen LogP contribution in [0.5, 0.6) is 5.75 Å². The molecule has 0 spiro atoms. The summed E-state index contributed by atoms with van der Waals surface area (Å²) in [6.45, 7) is 0. The Kier molecular flexibility index (Phi) is 6.66. The van der Waals surface area contributed by atoms with Crippen molar-refractivity contribution in [1.29, 1.82) is 0 Å². The third-order valence-corrected chi connectivity index (χ3v) is 7.00. The average Bonchev–Trinajstić information content (AvgIpc) is 3.06. The molecule has 2 aliphatic rings. The topological polar surface area (TPSA) is 58.6 Å². The number of nitrogens with one attached hydrogen (secondary N) is 1. The molecule has 1 heterocycles. The molecule has 2 amide bonds. The maximum absolute atomic E-state index is 13.0. The first-order valence-corrected chi connectivity index (χ1v) is 11.6. The van der Waals surface area contributed by atoms with Gasteiger partial charge in [0.1, 0.15) is 5.75 Å². The number of methoxy groups -OCH3 is 1. The molecule has 162 valence electrons. The first kappa shape index (κ1) is 21.5. The van der Waals surface area contributed by atoms with Crippen LogP contribution >= 0.6 is 11.8 Å². The Balaban J connectivity index is 1.52. The second-order valence-corrected chi connectivity index (χ2v) is 9.18. The zero-order valence-electron chi connectivity index (χ0n) is 18.0. The Bertz CT molecular complexity index is 992.